The van der Waals surface area contributed by atoms with Gasteiger partial charge in [0.25, 0.3) is 0 Å². The molecule has 0 radical (unpaired) electrons. The first-order valence-electron chi connectivity index (χ1n) is 9.40. The van der Waals surface area contributed by atoms with Gasteiger partial charge in [0.2, 0.25) is 5.95 Å². The highest BCUT2D eigenvalue weighted by Crippen LogP contribution is 2.20. The monoisotopic (exact) mass is 362 g/mol. The molecule has 0 unspecified atom stereocenters. The highest BCUT2D eigenvalue weighted by Gasteiger charge is 2.03. The van der Waals surface area contributed by atoms with Gasteiger partial charge in [-0.05, 0) is 50.2 Å². The smallest absolute Gasteiger partial charge is 0.222 e. The molecule has 0 atom stereocenters. The summed E-state index contributed by atoms with van der Waals surface area (Å²) >= 11 is 0. The largest absolute Gasteiger partial charge is 0.350 e. The Balaban J connectivity index is 2.04. The molecule has 142 valence electrons. The van der Waals surface area contributed by atoms with E-state index in [2.05, 4.69) is 89.8 Å². The van der Waals surface area contributed by atoms with Crippen LogP contribution in [0.1, 0.15) is 25.8 Å². The molecule has 0 aliphatic rings. The van der Waals surface area contributed by atoms with Crippen molar-refractivity contribution in [3.05, 3.63) is 78.2 Å². The van der Waals surface area contributed by atoms with Gasteiger partial charge >= 0.3 is 0 Å². The zero-order valence-electron chi connectivity index (χ0n) is 16.8. The number of allylic oxidation sites excluding steroid dienone is 4. The first kappa shape index (κ1) is 20.6. The normalized spacial score (nSPS) is 12.4. The molecule has 0 amide bonds. The van der Waals surface area contributed by atoms with E-state index in [1.54, 1.807) is 0 Å². The van der Waals surface area contributed by atoms with E-state index in [-0.39, 0.29) is 0 Å². The number of nitrogens with one attached hydrogen (secondary N) is 1. The number of aromatic nitrogens is 2. The highest BCUT2D eigenvalue weighted by atomic mass is 15.1. The second-order valence-corrected chi connectivity index (χ2v) is 6.67. The summed E-state index contributed by atoms with van der Waals surface area (Å²) in [6.07, 6.45) is 15.3. The minimum atomic E-state index is 0.637. The minimum absolute atomic E-state index is 0.637. The Bertz CT molecular complexity index is 786. The second-order valence-electron chi connectivity index (χ2n) is 6.67. The average Bonchev–Trinajstić information content (AvgIpc) is 2.66. The molecule has 1 heterocycles. The van der Waals surface area contributed by atoms with Gasteiger partial charge < -0.3 is 10.2 Å². The van der Waals surface area contributed by atoms with E-state index in [9.17, 15) is 0 Å². The van der Waals surface area contributed by atoms with E-state index in [4.69, 9.17) is 0 Å². The number of benzene rings is 1. The van der Waals surface area contributed by atoms with Crippen LogP contribution in [0.5, 0.6) is 0 Å². The molecule has 0 fully saturated rings. The molecule has 27 heavy (non-hydrogen) atoms. The SMILES string of the molecule is C\C=C/C(=C\C=C\CC)CNc1ncc(-c2cccc(CN(C)C)c2)cn1. The predicted molar refractivity (Wildman–Crippen MR) is 116 cm³/mol. The quantitative estimate of drug-likeness (QED) is 0.631. The molecule has 4 heteroatoms. The summed E-state index contributed by atoms with van der Waals surface area (Å²) in [5.41, 5.74) is 4.63. The first-order chi connectivity index (χ1) is 13.1. The Morgan fingerprint density at radius 1 is 1.15 bits per heavy atom. The number of hydrogen-bond acceptors (Lipinski definition) is 4. The Kier molecular flexibility index (Phi) is 8.46. The number of nitrogens with zero attached hydrogens (tertiary/aromatic N) is 3. The molecule has 0 saturated carbocycles. The van der Waals surface area contributed by atoms with Crippen LogP contribution in [0.4, 0.5) is 5.95 Å². The Labute approximate surface area is 163 Å². The summed E-state index contributed by atoms with van der Waals surface area (Å²) in [6.45, 7) is 5.76. The molecule has 1 aromatic heterocycles. The molecule has 0 aliphatic carbocycles. The fraction of sp³-hybridized carbons (Fsp3) is 0.304. The zero-order chi connectivity index (χ0) is 19.5. The van der Waals surface area contributed by atoms with Crippen molar-refractivity contribution in [2.24, 2.45) is 0 Å². The summed E-state index contributed by atoms with van der Waals surface area (Å²) in [7, 11) is 4.15. The molecular formula is C23H30N4. The lowest BCUT2D eigenvalue weighted by Gasteiger charge is -2.11. The molecule has 0 aliphatic heterocycles. The average molecular weight is 363 g/mol. The second kappa shape index (κ2) is 11.1. The first-order valence-corrected chi connectivity index (χ1v) is 9.40. The fourth-order valence-electron chi connectivity index (χ4n) is 2.68. The van der Waals surface area contributed by atoms with Crippen molar-refractivity contribution < 1.29 is 0 Å². The topological polar surface area (TPSA) is 41.1 Å². The van der Waals surface area contributed by atoms with Crippen LogP contribution in [0.15, 0.2) is 72.6 Å². The Hall–Kier alpha value is -2.72. The molecular weight excluding hydrogens is 332 g/mol. The highest BCUT2D eigenvalue weighted by molar-refractivity contribution is 5.62. The molecule has 2 rings (SSSR count). The van der Waals surface area contributed by atoms with E-state index in [0.717, 1.165) is 24.1 Å². The molecule has 0 spiro atoms. The molecule has 4 nitrogen and oxygen atoms in total. The summed E-state index contributed by atoms with van der Waals surface area (Å²) in [6, 6.07) is 8.51. The summed E-state index contributed by atoms with van der Waals surface area (Å²) in [4.78, 5) is 11.1. The van der Waals surface area contributed by atoms with Crippen LogP contribution >= 0.6 is 0 Å². The third-order valence-electron chi connectivity index (χ3n) is 3.92. The minimum Gasteiger partial charge on any atom is -0.350 e. The van der Waals surface area contributed by atoms with E-state index in [1.807, 2.05) is 25.4 Å². The summed E-state index contributed by atoms with van der Waals surface area (Å²) < 4.78 is 0. The van der Waals surface area contributed by atoms with Gasteiger partial charge in [0, 0.05) is 31.0 Å². The molecule has 1 aromatic carbocycles. The Morgan fingerprint density at radius 2 is 1.93 bits per heavy atom. The van der Waals surface area contributed by atoms with E-state index >= 15 is 0 Å². The van der Waals surface area contributed by atoms with Crippen LogP contribution in [-0.2, 0) is 6.54 Å². The lowest BCUT2D eigenvalue weighted by Crippen LogP contribution is -2.10. The van der Waals surface area contributed by atoms with Crippen molar-refractivity contribution in [2.45, 2.75) is 26.8 Å². The van der Waals surface area contributed by atoms with Gasteiger partial charge in [-0.1, -0.05) is 55.5 Å². The van der Waals surface area contributed by atoms with Crippen LogP contribution in [0.25, 0.3) is 11.1 Å². The maximum atomic E-state index is 4.47. The van der Waals surface area contributed by atoms with Gasteiger partial charge in [-0.25, -0.2) is 9.97 Å². The third kappa shape index (κ3) is 7.19. The van der Waals surface area contributed by atoms with Crippen molar-refractivity contribution in [1.82, 2.24) is 14.9 Å². The van der Waals surface area contributed by atoms with Crippen LogP contribution in [-0.4, -0.2) is 35.5 Å². The summed E-state index contributed by atoms with van der Waals surface area (Å²) in [5, 5.41) is 3.29. The van der Waals surface area contributed by atoms with Crippen LogP contribution in [0.3, 0.4) is 0 Å². The third-order valence-corrected chi connectivity index (χ3v) is 3.92. The maximum absolute atomic E-state index is 4.47. The number of anilines is 1. The van der Waals surface area contributed by atoms with Gasteiger partial charge in [-0.3, -0.25) is 0 Å². The van der Waals surface area contributed by atoms with Crippen molar-refractivity contribution in [1.29, 1.82) is 0 Å². The van der Waals surface area contributed by atoms with Gasteiger partial charge in [-0.2, -0.15) is 0 Å². The standard InChI is InChI=1S/C23H30N4/c1-5-7-8-11-19(10-6-2)15-24-23-25-16-22(17-26-23)21-13-9-12-20(14-21)18-27(3)4/h6-14,16-17H,5,15,18H2,1-4H3,(H,24,25,26)/b8-7+,10-6-,19-11+. The van der Waals surface area contributed by atoms with Gasteiger partial charge in [0.15, 0.2) is 0 Å². The van der Waals surface area contributed by atoms with Crippen LogP contribution in [0.2, 0.25) is 0 Å². The van der Waals surface area contributed by atoms with Gasteiger partial charge in [0.1, 0.15) is 0 Å². The van der Waals surface area contributed by atoms with E-state index < -0.39 is 0 Å². The van der Waals surface area contributed by atoms with Crippen LogP contribution < -0.4 is 5.32 Å². The van der Waals surface area contributed by atoms with Crippen molar-refractivity contribution in [3.8, 4) is 11.1 Å². The van der Waals surface area contributed by atoms with Gasteiger partial charge in [-0.15, -0.1) is 0 Å². The van der Waals surface area contributed by atoms with Crippen molar-refractivity contribution in [2.75, 3.05) is 26.0 Å². The van der Waals surface area contributed by atoms with Crippen molar-refractivity contribution in [3.63, 3.8) is 0 Å². The molecule has 0 bridgehead atoms. The number of hydrogen-bond donors (Lipinski definition) is 1. The lowest BCUT2D eigenvalue weighted by atomic mass is 10.1. The summed E-state index contributed by atoms with van der Waals surface area (Å²) in [5.74, 6) is 0.637. The Morgan fingerprint density at radius 3 is 2.59 bits per heavy atom. The maximum Gasteiger partial charge on any atom is 0.222 e. The van der Waals surface area contributed by atoms with E-state index in [1.165, 1.54) is 11.1 Å². The molecule has 1 N–H and O–H groups in total. The van der Waals surface area contributed by atoms with Crippen molar-refractivity contribution >= 4 is 5.95 Å². The predicted octanol–water partition coefficient (Wildman–Crippen LogP) is 5.09. The van der Waals surface area contributed by atoms with Crippen LogP contribution in [0, 0.1) is 0 Å². The van der Waals surface area contributed by atoms with Gasteiger partial charge in [0.05, 0.1) is 0 Å². The zero-order valence-corrected chi connectivity index (χ0v) is 16.8. The lowest BCUT2D eigenvalue weighted by molar-refractivity contribution is 0.402. The molecule has 2 aromatic rings. The van der Waals surface area contributed by atoms with E-state index in [0.29, 0.717) is 12.5 Å². The number of rotatable bonds is 9. The molecule has 0 saturated heterocycles. The fourth-order valence-corrected chi connectivity index (χ4v) is 2.68.